The lowest BCUT2D eigenvalue weighted by Crippen LogP contribution is -2.52. The fourth-order valence-electron chi connectivity index (χ4n) is 8.26. The first-order valence-corrected chi connectivity index (χ1v) is 21.4. The van der Waals surface area contributed by atoms with Crippen LogP contribution < -0.4 is 0 Å². The molecule has 2 aromatic rings. The summed E-state index contributed by atoms with van der Waals surface area (Å²) in [5.41, 5.74) is 4.46. The van der Waals surface area contributed by atoms with Gasteiger partial charge in [-0.1, -0.05) is 229 Å². The van der Waals surface area contributed by atoms with Gasteiger partial charge in [0.15, 0.2) is 0 Å². The molecule has 0 spiro atoms. The number of rotatable bonds is 32. The predicted octanol–water partition coefficient (Wildman–Crippen LogP) is 15.8. The summed E-state index contributed by atoms with van der Waals surface area (Å²) < 4.78 is 8.14. The maximum Gasteiger partial charge on any atom is 0.0934 e. The second-order valence-electron chi connectivity index (χ2n) is 16.0. The fraction of sp³-hybridized carbons (Fsp3) is 0.673. The van der Waals surface area contributed by atoms with Gasteiger partial charge in [-0.25, -0.2) is 0 Å². The molecule has 0 heterocycles. The van der Waals surface area contributed by atoms with E-state index in [0.717, 1.165) is 32.1 Å². The van der Waals surface area contributed by atoms with Gasteiger partial charge < -0.3 is 4.74 Å². The van der Waals surface area contributed by atoms with Crippen LogP contribution in [0.3, 0.4) is 0 Å². The van der Waals surface area contributed by atoms with E-state index in [1.54, 1.807) is 0 Å². The van der Waals surface area contributed by atoms with Crippen LogP contribution >= 0.6 is 0 Å². The Bertz CT molecular complexity index is 1120. The first-order valence-electron chi connectivity index (χ1n) is 21.4. The highest BCUT2D eigenvalue weighted by Gasteiger charge is 2.47. The Morgan fingerprint density at radius 1 is 0.520 bits per heavy atom. The lowest BCUT2D eigenvalue weighted by molar-refractivity contribution is -0.170. The highest BCUT2D eigenvalue weighted by Crippen LogP contribution is 2.46. The summed E-state index contributed by atoms with van der Waals surface area (Å²) in [6.45, 7) is 21.0. The lowest BCUT2D eigenvalue weighted by Gasteiger charge is -2.50. The average molecular weight is 685 g/mol. The summed E-state index contributed by atoms with van der Waals surface area (Å²) in [7, 11) is 0. The molecule has 0 aromatic heterocycles. The van der Waals surface area contributed by atoms with Gasteiger partial charge >= 0.3 is 0 Å². The van der Waals surface area contributed by atoms with Crippen molar-refractivity contribution >= 4 is 0 Å². The Morgan fingerprint density at radius 2 is 0.920 bits per heavy atom. The molecular weight excluding hydrogens is 605 g/mol. The quantitative estimate of drug-likeness (QED) is 0.0550. The van der Waals surface area contributed by atoms with Gasteiger partial charge in [0.25, 0.3) is 0 Å². The van der Waals surface area contributed by atoms with Crippen molar-refractivity contribution in [1.82, 2.24) is 0 Å². The Balaban J connectivity index is 2.57. The highest BCUT2D eigenvalue weighted by atomic mass is 16.5. The fourth-order valence-corrected chi connectivity index (χ4v) is 8.26. The van der Waals surface area contributed by atoms with Gasteiger partial charge in [-0.15, -0.1) is 0 Å². The first-order chi connectivity index (χ1) is 24.3. The third-order valence-electron chi connectivity index (χ3n) is 11.3. The molecule has 0 radical (unpaired) electrons. The molecule has 282 valence electrons. The molecule has 50 heavy (non-hydrogen) atoms. The number of hydrogen-bond acceptors (Lipinski definition) is 1. The Labute approximate surface area is 312 Å². The molecule has 0 aliphatic heterocycles. The van der Waals surface area contributed by atoms with E-state index in [4.69, 9.17) is 17.9 Å². The van der Waals surface area contributed by atoms with Crippen LogP contribution in [0.1, 0.15) is 193 Å². The van der Waals surface area contributed by atoms with Gasteiger partial charge in [-0.2, -0.15) is 0 Å². The SMILES string of the molecule is C=C(C)C(CCCCCCCC)C(CCCCCCCCCC)(Cc1ccccc1)OC(CCCCCCCC)(Cc1ccccc1)C(=C)C. The van der Waals surface area contributed by atoms with Gasteiger partial charge in [0, 0.05) is 18.8 Å². The molecule has 0 amide bonds. The summed E-state index contributed by atoms with van der Waals surface area (Å²) in [6.07, 6.45) is 31.3. The van der Waals surface area contributed by atoms with Gasteiger partial charge in [0.1, 0.15) is 0 Å². The van der Waals surface area contributed by atoms with E-state index >= 15 is 0 Å². The van der Waals surface area contributed by atoms with E-state index < -0.39 is 5.60 Å². The van der Waals surface area contributed by atoms with Gasteiger partial charge in [0.2, 0.25) is 0 Å². The van der Waals surface area contributed by atoms with Crippen LogP contribution in [0.25, 0.3) is 0 Å². The second-order valence-corrected chi connectivity index (χ2v) is 16.0. The van der Waals surface area contributed by atoms with Crippen molar-refractivity contribution in [2.75, 3.05) is 0 Å². The molecule has 0 N–H and O–H groups in total. The Kier molecular flexibility index (Phi) is 23.5. The van der Waals surface area contributed by atoms with Crippen molar-refractivity contribution in [2.45, 2.75) is 206 Å². The maximum atomic E-state index is 8.14. The summed E-state index contributed by atoms with van der Waals surface area (Å²) in [5.74, 6) is 0.303. The summed E-state index contributed by atoms with van der Waals surface area (Å²) in [5, 5.41) is 0. The lowest BCUT2D eigenvalue weighted by atomic mass is 9.71. The molecule has 0 bridgehead atoms. The molecule has 2 aromatic carbocycles. The molecule has 0 saturated heterocycles. The molecule has 0 aliphatic rings. The maximum absolute atomic E-state index is 8.14. The van der Waals surface area contributed by atoms with Crippen LogP contribution in [-0.2, 0) is 17.6 Å². The molecule has 3 unspecified atom stereocenters. The van der Waals surface area contributed by atoms with Gasteiger partial charge in [0.05, 0.1) is 11.2 Å². The molecule has 1 nitrogen and oxygen atoms in total. The predicted molar refractivity (Wildman–Crippen MR) is 223 cm³/mol. The van der Waals surface area contributed by atoms with Crippen LogP contribution in [0.2, 0.25) is 0 Å². The van der Waals surface area contributed by atoms with E-state index in [1.165, 1.54) is 151 Å². The Hall–Kier alpha value is -2.12. The van der Waals surface area contributed by atoms with E-state index in [1.807, 2.05) is 0 Å². The minimum absolute atomic E-state index is 0.303. The van der Waals surface area contributed by atoms with Gasteiger partial charge in [-0.05, 0) is 49.8 Å². The number of benzene rings is 2. The van der Waals surface area contributed by atoms with Crippen molar-refractivity contribution in [3.63, 3.8) is 0 Å². The minimum atomic E-state index is -0.421. The summed E-state index contributed by atoms with van der Waals surface area (Å²) in [6, 6.07) is 22.4. The topological polar surface area (TPSA) is 9.23 Å². The smallest absolute Gasteiger partial charge is 0.0934 e. The third-order valence-corrected chi connectivity index (χ3v) is 11.3. The molecular formula is C49H80O. The molecule has 1 heteroatoms. The zero-order valence-corrected chi connectivity index (χ0v) is 33.9. The van der Waals surface area contributed by atoms with Crippen LogP contribution in [0.4, 0.5) is 0 Å². The minimum Gasteiger partial charge on any atom is -0.363 e. The summed E-state index contributed by atoms with van der Waals surface area (Å²) in [4.78, 5) is 0. The summed E-state index contributed by atoms with van der Waals surface area (Å²) >= 11 is 0. The Morgan fingerprint density at radius 3 is 1.36 bits per heavy atom. The van der Waals surface area contributed by atoms with Crippen LogP contribution in [0, 0.1) is 5.92 Å². The first kappa shape index (κ1) is 44.0. The van der Waals surface area contributed by atoms with E-state index in [9.17, 15) is 0 Å². The van der Waals surface area contributed by atoms with E-state index in [-0.39, 0.29) is 5.60 Å². The van der Waals surface area contributed by atoms with Crippen molar-refractivity contribution < 1.29 is 4.74 Å². The largest absolute Gasteiger partial charge is 0.363 e. The number of unbranched alkanes of at least 4 members (excludes halogenated alkanes) is 17. The van der Waals surface area contributed by atoms with E-state index in [2.05, 4.69) is 95.3 Å². The van der Waals surface area contributed by atoms with Crippen molar-refractivity contribution in [3.05, 3.63) is 96.1 Å². The van der Waals surface area contributed by atoms with Crippen molar-refractivity contribution in [2.24, 2.45) is 5.92 Å². The average Bonchev–Trinajstić information content (AvgIpc) is 3.11. The number of ether oxygens (including phenoxy) is 1. The zero-order valence-electron chi connectivity index (χ0n) is 33.9. The standard InChI is InChI=1S/C49H80O/c1-8-11-14-17-20-21-24-33-40-49(42-46-36-29-26-30-37-46,47(43(4)5)38-31-22-18-15-12-9-2)50-48(44(6)7,39-32-23-19-16-13-10-3)41-45-34-27-25-28-35-45/h25-30,34-37,47H,4,6,8-24,31-33,38-42H2,1-3,5,7H3. The van der Waals surface area contributed by atoms with Crippen molar-refractivity contribution in [3.8, 4) is 0 Å². The number of hydrogen-bond donors (Lipinski definition) is 0. The molecule has 0 saturated carbocycles. The zero-order chi connectivity index (χ0) is 36.3. The van der Waals surface area contributed by atoms with Crippen LogP contribution in [0.5, 0.6) is 0 Å². The monoisotopic (exact) mass is 685 g/mol. The van der Waals surface area contributed by atoms with Crippen LogP contribution in [0.15, 0.2) is 85.0 Å². The molecule has 2 rings (SSSR count). The molecule has 0 aliphatic carbocycles. The normalized spacial score (nSPS) is 14.6. The van der Waals surface area contributed by atoms with Crippen LogP contribution in [-0.4, -0.2) is 11.2 Å². The molecule has 3 atom stereocenters. The van der Waals surface area contributed by atoms with E-state index in [0.29, 0.717) is 5.92 Å². The highest BCUT2D eigenvalue weighted by molar-refractivity contribution is 5.26. The second kappa shape index (κ2) is 26.6. The van der Waals surface area contributed by atoms with Gasteiger partial charge in [-0.3, -0.25) is 0 Å². The third kappa shape index (κ3) is 16.9. The molecule has 0 fully saturated rings. The van der Waals surface area contributed by atoms with Crippen molar-refractivity contribution in [1.29, 1.82) is 0 Å².